The maximum Gasteiger partial charge on any atom is 0.329 e. The van der Waals surface area contributed by atoms with Gasteiger partial charge >= 0.3 is 11.8 Å². The van der Waals surface area contributed by atoms with Gasteiger partial charge < -0.3 is 20.1 Å². The van der Waals surface area contributed by atoms with Gasteiger partial charge in [-0.2, -0.15) is 5.10 Å². The van der Waals surface area contributed by atoms with E-state index in [0.29, 0.717) is 26.3 Å². The molecule has 38 heavy (non-hydrogen) atoms. The molecule has 0 unspecified atom stereocenters. The fraction of sp³-hybridized carbons (Fsp3) is 0.185. The van der Waals surface area contributed by atoms with Crippen LogP contribution in [0.4, 0.5) is 5.69 Å². The maximum atomic E-state index is 12.4. The highest BCUT2D eigenvalue weighted by Gasteiger charge is 2.15. The van der Waals surface area contributed by atoms with Crippen LogP contribution in [0.25, 0.3) is 0 Å². The Morgan fingerprint density at radius 2 is 1.76 bits per heavy atom. The van der Waals surface area contributed by atoms with Crippen LogP contribution in [0.5, 0.6) is 11.5 Å². The van der Waals surface area contributed by atoms with E-state index in [1.54, 1.807) is 18.2 Å². The molecule has 3 aromatic rings. The second kappa shape index (κ2) is 13.9. The zero-order valence-electron chi connectivity index (χ0n) is 20.9. The molecule has 3 rings (SSSR count). The average Bonchev–Trinajstić information content (AvgIpc) is 2.89. The minimum Gasteiger partial charge on any atom is -0.493 e. The molecule has 0 aromatic heterocycles. The number of rotatable bonds is 9. The Morgan fingerprint density at radius 3 is 2.45 bits per heavy atom. The molecule has 3 N–H and O–H groups in total. The topological polar surface area (TPSA) is 118 Å². The molecule has 0 aliphatic heterocycles. The van der Waals surface area contributed by atoms with E-state index in [2.05, 4.69) is 59.7 Å². The van der Waals surface area contributed by atoms with Crippen LogP contribution in [0, 0.1) is 17.4 Å². The molecule has 9 nitrogen and oxygen atoms in total. The highest BCUT2D eigenvalue weighted by atomic mass is 127. The average molecular weight is 693 g/mol. The summed E-state index contributed by atoms with van der Waals surface area (Å²) in [6.07, 6.45) is 1.38. The highest BCUT2D eigenvalue weighted by molar-refractivity contribution is 14.1. The van der Waals surface area contributed by atoms with Gasteiger partial charge in [-0.3, -0.25) is 14.4 Å². The number of methoxy groups -OCH3 is 1. The number of aryl methyl sites for hydroxylation is 2. The van der Waals surface area contributed by atoms with Crippen molar-refractivity contribution in [3.8, 4) is 11.5 Å². The van der Waals surface area contributed by atoms with E-state index in [4.69, 9.17) is 9.47 Å². The largest absolute Gasteiger partial charge is 0.493 e. The summed E-state index contributed by atoms with van der Waals surface area (Å²) in [5.74, 6) is -1.23. The zero-order chi connectivity index (χ0) is 27.7. The number of hydrazone groups is 1. The van der Waals surface area contributed by atoms with Crippen LogP contribution in [0.3, 0.4) is 0 Å². The lowest BCUT2D eigenvalue weighted by molar-refractivity contribution is -0.139. The number of hydrogen-bond acceptors (Lipinski definition) is 6. The molecule has 0 atom stereocenters. The third-order valence-electron chi connectivity index (χ3n) is 5.20. The highest BCUT2D eigenvalue weighted by Crippen LogP contribution is 2.33. The Hall–Kier alpha value is -3.45. The van der Waals surface area contributed by atoms with Crippen LogP contribution in [0.15, 0.2) is 64.2 Å². The second-order valence-corrected chi connectivity index (χ2v) is 10.2. The van der Waals surface area contributed by atoms with Gasteiger partial charge in [0, 0.05) is 16.7 Å². The summed E-state index contributed by atoms with van der Waals surface area (Å²) in [6.45, 7) is 3.91. The van der Waals surface area contributed by atoms with E-state index in [0.717, 1.165) is 21.2 Å². The molecule has 0 saturated carbocycles. The molecule has 3 amide bonds. The molecule has 0 aliphatic rings. The van der Waals surface area contributed by atoms with Gasteiger partial charge in [0.1, 0.15) is 0 Å². The van der Waals surface area contributed by atoms with Gasteiger partial charge in [0.25, 0.3) is 5.91 Å². The molecular weight excluding hydrogens is 667 g/mol. The molecule has 198 valence electrons. The SMILES string of the molecule is COc1cc(/C=N\NC(=O)C(=O)NCc2ccc(C)cc2)cc(I)c1OCC(=O)Nc1ccc(Br)c(C)c1. The first-order valence-electron chi connectivity index (χ1n) is 11.4. The minimum atomic E-state index is -0.887. The predicted octanol–water partition coefficient (Wildman–Crippen LogP) is 4.46. The van der Waals surface area contributed by atoms with E-state index in [1.165, 1.54) is 13.3 Å². The van der Waals surface area contributed by atoms with Crippen LogP contribution in [0.1, 0.15) is 22.3 Å². The predicted molar refractivity (Wildman–Crippen MR) is 157 cm³/mol. The molecular formula is C27H26BrIN4O5. The lowest BCUT2D eigenvalue weighted by Crippen LogP contribution is -2.37. The summed E-state index contributed by atoms with van der Waals surface area (Å²) < 4.78 is 12.8. The van der Waals surface area contributed by atoms with E-state index in [-0.39, 0.29) is 19.1 Å². The number of hydrogen-bond donors (Lipinski definition) is 3. The van der Waals surface area contributed by atoms with Crippen LogP contribution < -0.4 is 25.5 Å². The third-order valence-corrected chi connectivity index (χ3v) is 6.89. The first kappa shape index (κ1) is 29.1. The molecule has 0 saturated heterocycles. The number of carbonyl (C=O) groups excluding carboxylic acids is 3. The summed E-state index contributed by atoms with van der Waals surface area (Å²) >= 11 is 5.48. The number of halogens is 2. The standard InChI is InChI=1S/C27H26BrIN4O5/c1-16-4-6-18(7-5-16)13-30-26(35)27(36)33-31-14-19-11-22(29)25(23(12-19)37-3)38-15-24(34)32-20-8-9-21(28)17(2)10-20/h4-12,14H,13,15H2,1-3H3,(H,30,35)(H,32,34)(H,33,36)/b31-14-. The molecule has 3 aromatic carbocycles. The minimum absolute atomic E-state index is 0.220. The van der Waals surface area contributed by atoms with Crippen molar-refractivity contribution in [2.75, 3.05) is 19.0 Å². The number of carbonyl (C=O) groups is 3. The Bertz CT molecular complexity index is 1360. The first-order chi connectivity index (χ1) is 18.2. The Balaban J connectivity index is 1.54. The molecule has 0 bridgehead atoms. The van der Waals surface area contributed by atoms with E-state index in [9.17, 15) is 14.4 Å². The molecule has 0 spiro atoms. The number of ether oxygens (including phenoxy) is 2. The van der Waals surface area contributed by atoms with Crippen LogP contribution in [-0.4, -0.2) is 37.7 Å². The van der Waals surface area contributed by atoms with Crippen molar-refractivity contribution >= 4 is 68.1 Å². The molecule has 0 fully saturated rings. The molecule has 0 heterocycles. The number of amides is 3. The lowest BCUT2D eigenvalue weighted by Gasteiger charge is -2.14. The second-order valence-electron chi connectivity index (χ2n) is 8.20. The van der Waals surface area contributed by atoms with Crippen LogP contribution >= 0.6 is 38.5 Å². The van der Waals surface area contributed by atoms with Crippen molar-refractivity contribution < 1.29 is 23.9 Å². The van der Waals surface area contributed by atoms with Crippen molar-refractivity contribution in [3.63, 3.8) is 0 Å². The number of benzene rings is 3. The zero-order valence-corrected chi connectivity index (χ0v) is 24.7. The Kier molecular flexibility index (Phi) is 10.7. The number of anilines is 1. The maximum absolute atomic E-state index is 12.4. The van der Waals surface area contributed by atoms with Crippen molar-refractivity contribution in [1.29, 1.82) is 0 Å². The van der Waals surface area contributed by atoms with Crippen molar-refractivity contribution in [2.24, 2.45) is 5.10 Å². The summed E-state index contributed by atoms with van der Waals surface area (Å²) in [5, 5.41) is 9.20. The van der Waals surface area contributed by atoms with Gasteiger partial charge in [0.15, 0.2) is 18.1 Å². The fourth-order valence-corrected chi connectivity index (χ4v) is 4.22. The summed E-state index contributed by atoms with van der Waals surface area (Å²) in [5.41, 5.74) is 6.45. The monoisotopic (exact) mass is 692 g/mol. The van der Waals surface area contributed by atoms with Gasteiger partial charge in [0.2, 0.25) is 0 Å². The van der Waals surface area contributed by atoms with Gasteiger partial charge in [-0.25, -0.2) is 5.43 Å². The quantitative estimate of drug-likeness (QED) is 0.133. The van der Waals surface area contributed by atoms with Crippen LogP contribution in [-0.2, 0) is 20.9 Å². The number of nitrogens with zero attached hydrogens (tertiary/aromatic N) is 1. The number of nitrogens with one attached hydrogen (secondary N) is 3. The van der Waals surface area contributed by atoms with Crippen molar-refractivity contribution in [3.05, 3.63) is 84.9 Å². The summed E-state index contributed by atoms with van der Waals surface area (Å²) in [6, 6.07) is 16.5. The Labute approximate surface area is 242 Å². The first-order valence-corrected chi connectivity index (χ1v) is 13.3. The van der Waals surface area contributed by atoms with Gasteiger partial charge in [-0.1, -0.05) is 45.8 Å². The summed E-state index contributed by atoms with van der Waals surface area (Å²) in [7, 11) is 1.48. The smallest absolute Gasteiger partial charge is 0.329 e. The summed E-state index contributed by atoms with van der Waals surface area (Å²) in [4.78, 5) is 36.4. The third kappa shape index (κ3) is 8.55. The van der Waals surface area contributed by atoms with E-state index >= 15 is 0 Å². The van der Waals surface area contributed by atoms with Crippen molar-refractivity contribution in [1.82, 2.24) is 10.7 Å². The lowest BCUT2D eigenvalue weighted by atomic mass is 10.1. The molecule has 0 aliphatic carbocycles. The van der Waals surface area contributed by atoms with Gasteiger partial charge in [-0.05, 0) is 83.5 Å². The van der Waals surface area contributed by atoms with Gasteiger partial charge in [0.05, 0.1) is 16.9 Å². The Morgan fingerprint density at radius 1 is 1.03 bits per heavy atom. The van der Waals surface area contributed by atoms with Crippen LogP contribution in [0.2, 0.25) is 0 Å². The normalized spacial score (nSPS) is 10.7. The van der Waals surface area contributed by atoms with E-state index in [1.807, 2.05) is 50.2 Å². The van der Waals surface area contributed by atoms with Gasteiger partial charge in [-0.15, -0.1) is 0 Å². The molecule has 11 heteroatoms. The van der Waals surface area contributed by atoms with Crippen molar-refractivity contribution in [2.45, 2.75) is 20.4 Å². The van der Waals surface area contributed by atoms with E-state index < -0.39 is 11.8 Å². The molecule has 0 radical (unpaired) electrons. The fourth-order valence-electron chi connectivity index (χ4n) is 3.20.